The van der Waals surface area contributed by atoms with Crippen LogP contribution in [0.25, 0.3) is 0 Å². The van der Waals surface area contributed by atoms with Crippen molar-refractivity contribution >= 4 is 23.2 Å². The number of amides is 2. The van der Waals surface area contributed by atoms with Crippen molar-refractivity contribution in [3.05, 3.63) is 57.8 Å². The molecule has 7 heteroatoms. The molecule has 2 amide bonds. The highest BCUT2D eigenvalue weighted by molar-refractivity contribution is 7.10. The Labute approximate surface area is 181 Å². The fourth-order valence-electron chi connectivity index (χ4n) is 4.16. The number of benzene rings is 1. The lowest BCUT2D eigenvalue weighted by molar-refractivity contribution is -0.138. The first-order valence-corrected chi connectivity index (χ1v) is 11.5. The highest BCUT2D eigenvalue weighted by atomic mass is 32.1. The van der Waals surface area contributed by atoms with Crippen molar-refractivity contribution in [2.75, 3.05) is 32.8 Å². The molecule has 1 aromatic heterocycles. The number of nitrogens with zero attached hydrogens (tertiary/aromatic N) is 2. The van der Waals surface area contributed by atoms with E-state index in [4.69, 9.17) is 4.74 Å². The number of morpholine rings is 1. The Hall–Kier alpha value is -2.22. The fraction of sp³-hybridized carbons (Fsp3) is 0.478. The zero-order chi connectivity index (χ0) is 20.8. The molecule has 1 aromatic carbocycles. The molecule has 2 fully saturated rings. The zero-order valence-electron chi connectivity index (χ0n) is 17.2. The molecule has 2 aliphatic rings. The Morgan fingerprint density at radius 3 is 2.73 bits per heavy atom. The first-order valence-electron chi connectivity index (χ1n) is 10.7. The lowest BCUT2D eigenvalue weighted by Gasteiger charge is -2.26. The van der Waals surface area contributed by atoms with Crippen LogP contribution >= 0.6 is 11.3 Å². The van der Waals surface area contributed by atoms with Crippen molar-refractivity contribution in [2.24, 2.45) is 0 Å². The molecule has 2 saturated heterocycles. The minimum atomic E-state index is -0.353. The first kappa shape index (κ1) is 21.0. The highest BCUT2D eigenvalue weighted by Gasteiger charge is 2.33. The SMILES string of the molecule is O=C(NCc1cccc(CN2CCOCC2)c1)C1CCCN1C(=O)Cc1cccs1. The topological polar surface area (TPSA) is 61.9 Å². The Bertz CT molecular complexity index is 849. The Morgan fingerprint density at radius 1 is 1.10 bits per heavy atom. The van der Waals surface area contributed by atoms with Gasteiger partial charge in [-0.1, -0.05) is 30.3 Å². The highest BCUT2D eigenvalue weighted by Crippen LogP contribution is 2.20. The van der Waals surface area contributed by atoms with Gasteiger partial charge in [-0.15, -0.1) is 11.3 Å². The first-order chi connectivity index (χ1) is 14.7. The molecule has 6 nitrogen and oxygen atoms in total. The summed E-state index contributed by atoms with van der Waals surface area (Å²) in [6.45, 7) is 5.54. The van der Waals surface area contributed by atoms with Crippen LogP contribution in [-0.2, 0) is 33.8 Å². The smallest absolute Gasteiger partial charge is 0.243 e. The van der Waals surface area contributed by atoms with E-state index in [0.717, 1.165) is 56.1 Å². The lowest BCUT2D eigenvalue weighted by atomic mass is 10.1. The molecule has 0 bridgehead atoms. The van der Waals surface area contributed by atoms with Crippen LogP contribution in [0.2, 0.25) is 0 Å². The number of thiophene rings is 1. The van der Waals surface area contributed by atoms with Gasteiger partial charge in [-0.2, -0.15) is 0 Å². The molecule has 0 saturated carbocycles. The Balaban J connectivity index is 1.30. The molecule has 1 unspecified atom stereocenters. The summed E-state index contributed by atoms with van der Waals surface area (Å²) < 4.78 is 5.41. The Kier molecular flexibility index (Phi) is 7.15. The number of carbonyl (C=O) groups is 2. The number of ether oxygens (including phenoxy) is 1. The third kappa shape index (κ3) is 5.47. The van der Waals surface area contributed by atoms with Gasteiger partial charge in [0.05, 0.1) is 19.6 Å². The number of rotatable bonds is 7. The molecule has 3 heterocycles. The van der Waals surface area contributed by atoms with Crippen LogP contribution in [0, 0.1) is 0 Å². The van der Waals surface area contributed by atoms with Gasteiger partial charge in [0.15, 0.2) is 0 Å². The fourth-order valence-corrected chi connectivity index (χ4v) is 4.86. The minimum Gasteiger partial charge on any atom is -0.379 e. The molecule has 0 spiro atoms. The predicted octanol–water partition coefficient (Wildman–Crippen LogP) is 2.43. The maximum Gasteiger partial charge on any atom is 0.243 e. The summed E-state index contributed by atoms with van der Waals surface area (Å²) in [5.74, 6) is -0.00628. The zero-order valence-corrected chi connectivity index (χ0v) is 18.0. The number of hydrogen-bond acceptors (Lipinski definition) is 5. The van der Waals surface area contributed by atoms with Gasteiger partial charge in [-0.05, 0) is 35.4 Å². The number of hydrogen-bond donors (Lipinski definition) is 1. The van der Waals surface area contributed by atoms with Gasteiger partial charge in [0.25, 0.3) is 0 Å². The summed E-state index contributed by atoms with van der Waals surface area (Å²) in [6.07, 6.45) is 1.99. The molecule has 4 rings (SSSR count). The molecule has 0 aliphatic carbocycles. The van der Waals surface area contributed by atoms with Crippen molar-refractivity contribution < 1.29 is 14.3 Å². The third-order valence-corrected chi connectivity index (χ3v) is 6.63. The summed E-state index contributed by atoms with van der Waals surface area (Å²) >= 11 is 1.58. The largest absolute Gasteiger partial charge is 0.379 e. The van der Waals surface area contributed by atoms with E-state index in [9.17, 15) is 9.59 Å². The quantitative estimate of drug-likeness (QED) is 0.737. The normalized spacial score (nSPS) is 19.7. The van der Waals surface area contributed by atoms with Gasteiger partial charge in [0.2, 0.25) is 11.8 Å². The van der Waals surface area contributed by atoms with E-state index >= 15 is 0 Å². The van der Waals surface area contributed by atoms with Crippen LogP contribution in [0.4, 0.5) is 0 Å². The summed E-state index contributed by atoms with van der Waals surface area (Å²) in [7, 11) is 0. The summed E-state index contributed by atoms with van der Waals surface area (Å²) in [6, 6.07) is 11.9. The maximum atomic E-state index is 12.8. The van der Waals surface area contributed by atoms with Crippen LogP contribution in [-0.4, -0.2) is 60.5 Å². The van der Waals surface area contributed by atoms with Crippen molar-refractivity contribution in [2.45, 2.75) is 38.4 Å². The van der Waals surface area contributed by atoms with Crippen LogP contribution < -0.4 is 5.32 Å². The number of carbonyl (C=O) groups excluding carboxylic acids is 2. The monoisotopic (exact) mass is 427 g/mol. The molecule has 30 heavy (non-hydrogen) atoms. The van der Waals surface area contributed by atoms with E-state index in [1.54, 1.807) is 16.2 Å². The average molecular weight is 428 g/mol. The van der Waals surface area contributed by atoms with Gasteiger partial charge in [0, 0.05) is 37.6 Å². The second-order valence-electron chi connectivity index (χ2n) is 7.93. The third-order valence-electron chi connectivity index (χ3n) is 5.75. The van der Waals surface area contributed by atoms with Gasteiger partial charge >= 0.3 is 0 Å². The number of likely N-dealkylation sites (tertiary alicyclic amines) is 1. The summed E-state index contributed by atoms with van der Waals surface area (Å²) in [5.41, 5.74) is 2.33. The van der Waals surface area contributed by atoms with Crippen molar-refractivity contribution in [1.82, 2.24) is 15.1 Å². The van der Waals surface area contributed by atoms with E-state index in [0.29, 0.717) is 19.5 Å². The van der Waals surface area contributed by atoms with Crippen LogP contribution in [0.1, 0.15) is 28.8 Å². The van der Waals surface area contributed by atoms with Gasteiger partial charge < -0.3 is 15.0 Å². The molecular formula is C23H29N3O3S. The van der Waals surface area contributed by atoms with E-state index in [1.165, 1.54) is 5.56 Å². The molecular weight excluding hydrogens is 398 g/mol. The average Bonchev–Trinajstić information content (AvgIpc) is 3.45. The molecule has 160 valence electrons. The lowest BCUT2D eigenvalue weighted by Crippen LogP contribution is -2.46. The second-order valence-corrected chi connectivity index (χ2v) is 8.96. The van der Waals surface area contributed by atoms with Crippen LogP contribution in [0.3, 0.4) is 0 Å². The standard InChI is InChI=1S/C23H29N3O3S/c27-22(15-20-6-3-13-30-20)26-8-2-7-21(26)23(28)24-16-18-4-1-5-19(14-18)17-25-9-11-29-12-10-25/h1,3-6,13-14,21H,2,7-12,15-17H2,(H,24,28). The van der Waals surface area contributed by atoms with Crippen LogP contribution in [0.5, 0.6) is 0 Å². The van der Waals surface area contributed by atoms with Gasteiger partial charge in [-0.3, -0.25) is 14.5 Å². The predicted molar refractivity (Wildman–Crippen MR) is 117 cm³/mol. The maximum absolute atomic E-state index is 12.8. The molecule has 0 radical (unpaired) electrons. The van der Waals surface area contributed by atoms with E-state index in [1.807, 2.05) is 29.6 Å². The summed E-state index contributed by atoms with van der Waals surface area (Å²) in [5, 5.41) is 5.03. The molecule has 2 aliphatic heterocycles. The van der Waals surface area contributed by atoms with Crippen LogP contribution in [0.15, 0.2) is 41.8 Å². The van der Waals surface area contributed by atoms with E-state index < -0.39 is 0 Å². The van der Waals surface area contributed by atoms with Crippen molar-refractivity contribution in [3.63, 3.8) is 0 Å². The summed E-state index contributed by atoms with van der Waals surface area (Å²) in [4.78, 5) is 30.7. The number of nitrogens with one attached hydrogen (secondary N) is 1. The second kappa shape index (κ2) is 10.2. The molecule has 2 aromatic rings. The van der Waals surface area contributed by atoms with E-state index in [2.05, 4.69) is 22.3 Å². The molecule has 1 N–H and O–H groups in total. The van der Waals surface area contributed by atoms with Gasteiger partial charge in [-0.25, -0.2) is 0 Å². The Morgan fingerprint density at radius 2 is 1.93 bits per heavy atom. The van der Waals surface area contributed by atoms with Crippen molar-refractivity contribution in [3.8, 4) is 0 Å². The van der Waals surface area contributed by atoms with Crippen molar-refractivity contribution in [1.29, 1.82) is 0 Å². The molecule has 1 atom stereocenters. The minimum absolute atomic E-state index is 0.0441. The van der Waals surface area contributed by atoms with Gasteiger partial charge in [0.1, 0.15) is 6.04 Å². The van der Waals surface area contributed by atoms with E-state index in [-0.39, 0.29) is 17.9 Å².